The van der Waals surface area contributed by atoms with Crippen LogP contribution in [0.4, 0.5) is 10.1 Å². The maximum Gasteiger partial charge on any atom is 0.267 e. The van der Waals surface area contributed by atoms with E-state index in [0.29, 0.717) is 33.4 Å². The van der Waals surface area contributed by atoms with Gasteiger partial charge in [0.1, 0.15) is 10.7 Å². The first kappa shape index (κ1) is 17.9. The van der Waals surface area contributed by atoms with Crippen LogP contribution in [0.15, 0.2) is 23.2 Å². The summed E-state index contributed by atoms with van der Waals surface area (Å²) in [6.45, 7) is 5.52. The summed E-state index contributed by atoms with van der Waals surface area (Å²) in [6, 6.07) is 4.55. The molecule has 1 aromatic heterocycles. The summed E-state index contributed by atoms with van der Waals surface area (Å²) >= 11 is 2.81. The minimum absolute atomic E-state index is 0.243. The summed E-state index contributed by atoms with van der Waals surface area (Å²) in [5.41, 5.74) is 6.76. The van der Waals surface area contributed by atoms with Crippen molar-refractivity contribution in [2.75, 3.05) is 11.1 Å². The van der Waals surface area contributed by atoms with Gasteiger partial charge in [-0.3, -0.25) is 9.79 Å². The van der Waals surface area contributed by atoms with Crippen molar-refractivity contribution >= 4 is 39.9 Å². The number of benzene rings is 1. The highest BCUT2D eigenvalue weighted by Gasteiger charge is 2.32. The maximum absolute atomic E-state index is 14.4. The molecule has 132 valence electrons. The molecule has 3 rings (SSSR count). The third kappa shape index (κ3) is 3.69. The van der Waals surface area contributed by atoms with Gasteiger partial charge in [0.25, 0.3) is 5.91 Å². The number of rotatable bonds is 3. The highest BCUT2D eigenvalue weighted by molar-refractivity contribution is 8.13. The van der Waals surface area contributed by atoms with Gasteiger partial charge in [0.15, 0.2) is 5.17 Å². The van der Waals surface area contributed by atoms with E-state index in [0.717, 1.165) is 10.8 Å². The molecule has 0 saturated heterocycles. The molecule has 1 amide bonds. The molecule has 0 aliphatic carbocycles. The lowest BCUT2D eigenvalue weighted by Gasteiger charge is -2.30. The van der Waals surface area contributed by atoms with Crippen LogP contribution in [-0.4, -0.2) is 21.8 Å². The molecular weight excluding hydrogens is 359 g/mol. The van der Waals surface area contributed by atoms with Crippen LogP contribution in [0.2, 0.25) is 0 Å². The number of aliphatic imine (C=N–C) groups is 1. The molecule has 1 aliphatic rings. The molecule has 0 radical (unpaired) electrons. The Hall–Kier alpha value is -1.93. The average Bonchev–Trinajstić information content (AvgIpc) is 2.87. The number of anilines is 1. The molecule has 1 atom stereocenters. The largest absolute Gasteiger partial charge is 0.379 e. The fraction of sp³-hybridized carbons (Fsp3) is 0.353. The smallest absolute Gasteiger partial charge is 0.267 e. The Morgan fingerprint density at radius 1 is 1.40 bits per heavy atom. The molecule has 0 unspecified atom stereocenters. The van der Waals surface area contributed by atoms with E-state index in [1.54, 1.807) is 19.1 Å². The van der Waals surface area contributed by atoms with E-state index in [-0.39, 0.29) is 11.7 Å². The van der Waals surface area contributed by atoms with Gasteiger partial charge >= 0.3 is 0 Å². The van der Waals surface area contributed by atoms with E-state index in [1.807, 2.05) is 13.8 Å². The van der Waals surface area contributed by atoms with E-state index >= 15 is 0 Å². The quantitative estimate of drug-likeness (QED) is 0.851. The van der Waals surface area contributed by atoms with Gasteiger partial charge in [-0.1, -0.05) is 11.8 Å². The molecule has 0 fully saturated rings. The lowest BCUT2D eigenvalue weighted by atomic mass is 9.89. The molecule has 5 nitrogen and oxygen atoms in total. The summed E-state index contributed by atoms with van der Waals surface area (Å²) in [4.78, 5) is 21.7. The molecule has 2 heterocycles. The van der Waals surface area contributed by atoms with Gasteiger partial charge < -0.3 is 11.1 Å². The topological polar surface area (TPSA) is 80.4 Å². The number of amides is 1. The van der Waals surface area contributed by atoms with Gasteiger partial charge in [0.2, 0.25) is 0 Å². The van der Waals surface area contributed by atoms with E-state index in [1.165, 1.54) is 29.2 Å². The summed E-state index contributed by atoms with van der Waals surface area (Å²) < 4.78 is 14.4. The van der Waals surface area contributed by atoms with Gasteiger partial charge in [0.05, 0.1) is 16.2 Å². The van der Waals surface area contributed by atoms with Gasteiger partial charge in [-0.25, -0.2) is 9.37 Å². The first-order chi connectivity index (χ1) is 11.8. The molecule has 2 aromatic rings. The van der Waals surface area contributed by atoms with Crippen LogP contribution in [-0.2, 0) is 5.54 Å². The van der Waals surface area contributed by atoms with Crippen molar-refractivity contribution < 1.29 is 9.18 Å². The summed E-state index contributed by atoms with van der Waals surface area (Å²) in [6.07, 6.45) is 0.680. The third-order valence-corrected chi connectivity index (χ3v) is 5.98. The van der Waals surface area contributed by atoms with E-state index in [4.69, 9.17) is 5.73 Å². The minimum atomic E-state index is -0.725. The molecule has 1 aromatic carbocycles. The fourth-order valence-corrected chi connectivity index (χ4v) is 4.62. The number of thiazole rings is 1. The lowest BCUT2D eigenvalue weighted by Crippen LogP contribution is -2.29. The van der Waals surface area contributed by atoms with Crippen molar-refractivity contribution in [3.63, 3.8) is 0 Å². The van der Waals surface area contributed by atoms with E-state index < -0.39 is 5.54 Å². The first-order valence-electron chi connectivity index (χ1n) is 7.82. The zero-order valence-corrected chi connectivity index (χ0v) is 15.9. The Balaban J connectivity index is 1.91. The SMILES string of the molecule is Cc1nc(C)c(C(=O)Nc2ccc(F)c([C@]3(C)CCSC(N)=N3)c2)s1. The summed E-state index contributed by atoms with van der Waals surface area (Å²) in [7, 11) is 0. The van der Waals surface area contributed by atoms with Crippen molar-refractivity contribution in [2.45, 2.75) is 32.7 Å². The number of hydrogen-bond acceptors (Lipinski definition) is 6. The van der Waals surface area contributed by atoms with Crippen LogP contribution < -0.4 is 11.1 Å². The number of halogens is 1. The monoisotopic (exact) mass is 378 g/mol. The molecule has 0 bridgehead atoms. The van der Waals surface area contributed by atoms with Crippen molar-refractivity contribution in [2.24, 2.45) is 10.7 Å². The lowest BCUT2D eigenvalue weighted by molar-refractivity contribution is 0.102. The van der Waals surface area contributed by atoms with Crippen LogP contribution in [0.3, 0.4) is 0 Å². The molecule has 8 heteroatoms. The molecule has 0 saturated carbocycles. The number of amidine groups is 1. The molecule has 0 spiro atoms. The minimum Gasteiger partial charge on any atom is -0.379 e. The predicted molar refractivity (Wildman–Crippen MR) is 102 cm³/mol. The van der Waals surface area contributed by atoms with Crippen LogP contribution in [0.1, 0.15) is 39.3 Å². The van der Waals surface area contributed by atoms with Crippen molar-refractivity contribution in [1.29, 1.82) is 0 Å². The summed E-state index contributed by atoms with van der Waals surface area (Å²) in [5.74, 6) is 0.183. The van der Waals surface area contributed by atoms with Gasteiger partial charge in [0, 0.05) is 17.0 Å². The van der Waals surface area contributed by atoms with Crippen molar-refractivity contribution in [1.82, 2.24) is 4.98 Å². The second kappa shape index (κ2) is 6.76. The van der Waals surface area contributed by atoms with Crippen molar-refractivity contribution in [3.05, 3.63) is 45.2 Å². The highest BCUT2D eigenvalue weighted by Crippen LogP contribution is 2.37. The second-order valence-electron chi connectivity index (χ2n) is 6.12. The highest BCUT2D eigenvalue weighted by atomic mass is 32.2. The van der Waals surface area contributed by atoms with Gasteiger partial charge in [-0.15, -0.1) is 11.3 Å². The van der Waals surface area contributed by atoms with Crippen LogP contribution in [0.25, 0.3) is 0 Å². The van der Waals surface area contributed by atoms with Gasteiger partial charge in [-0.2, -0.15) is 0 Å². The number of carbonyl (C=O) groups excluding carboxylic acids is 1. The second-order valence-corrected chi connectivity index (χ2v) is 8.44. The van der Waals surface area contributed by atoms with Crippen LogP contribution in [0.5, 0.6) is 0 Å². The van der Waals surface area contributed by atoms with Crippen LogP contribution >= 0.6 is 23.1 Å². The third-order valence-electron chi connectivity index (χ3n) is 4.11. The number of thioether (sulfide) groups is 1. The number of nitrogens with two attached hydrogens (primary N) is 1. The Morgan fingerprint density at radius 2 is 2.16 bits per heavy atom. The number of nitrogens with zero attached hydrogens (tertiary/aromatic N) is 2. The van der Waals surface area contributed by atoms with Crippen LogP contribution in [0, 0.1) is 19.7 Å². The summed E-state index contributed by atoms with van der Waals surface area (Å²) in [5, 5.41) is 4.12. The number of aryl methyl sites for hydroxylation is 2. The molecule has 3 N–H and O–H groups in total. The van der Waals surface area contributed by atoms with Crippen molar-refractivity contribution in [3.8, 4) is 0 Å². The standard InChI is InChI=1S/C17H19FN4OS2/c1-9-14(25-10(2)20-9)15(23)21-11-4-5-13(18)12(8-11)17(3)6-7-24-16(19)22-17/h4-5,8H,6-7H2,1-3H3,(H2,19,22)(H,21,23)/t17-/m0/s1. The molecule has 1 aliphatic heterocycles. The normalized spacial score (nSPS) is 20.2. The average molecular weight is 378 g/mol. The number of aromatic nitrogens is 1. The molecule has 25 heavy (non-hydrogen) atoms. The maximum atomic E-state index is 14.4. The van der Waals surface area contributed by atoms with E-state index in [9.17, 15) is 9.18 Å². The molecular formula is C17H19FN4OS2. The number of hydrogen-bond donors (Lipinski definition) is 2. The number of nitrogens with one attached hydrogen (secondary N) is 1. The first-order valence-corrected chi connectivity index (χ1v) is 9.62. The Bertz CT molecular complexity index is 864. The number of carbonyl (C=O) groups is 1. The Kier molecular flexibility index (Phi) is 4.83. The Labute approximate surface area is 153 Å². The zero-order valence-electron chi connectivity index (χ0n) is 14.2. The fourth-order valence-electron chi connectivity index (χ4n) is 2.83. The van der Waals surface area contributed by atoms with Gasteiger partial charge in [-0.05, 0) is 45.4 Å². The Morgan fingerprint density at radius 3 is 2.80 bits per heavy atom. The predicted octanol–water partition coefficient (Wildman–Crippen LogP) is 3.82. The zero-order chi connectivity index (χ0) is 18.2. The van der Waals surface area contributed by atoms with E-state index in [2.05, 4.69) is 15.3 Å².